The molecule has 1 saturated carbocycles. The molecule has 0 spiro atoms. The zero-order chi connectivity index (χ0) is 20.8. The quantitative estimate of drug-likeness (QED) is 0.607. The number of primary amides is 1. The van der Waals surface area contributed by atoms with E-state index in [1.807, 2.05) is 16.8 Å². The molecule has 29 heavy (non-hydrogen) atoms. The number of rotatable bonds is 9. The van der Waals surface area contributed by atoms with Gasteiger partial charge in [-0.3, -0.25) is 4.79 Å². The van der Waals surface area contributed by atoms with Crippen molar-refractivity contribution in [3.8, 4) is 5.69 Å². The highest BCUT2D eigenvalue weighted by atomic mass is 16.5. The van der Waals surface area contributed by atoms with Crippen molar-refractivity contribution in [3.63, 3.8) is 0 Å². The molecule has 1 aromatic carbocycles. The second-order valence-corrected chi connectivity index (χ2v) is 8.39. The molecule has 158 valence electrons. The van der Waals surface area contributed by atoms with Crippen molar-refractivity contribution < 1.29 is 9.53 Å². The van der Waals surface area contributed by atoms with Gasteiger partial charge in [0, 0.05) is 12.5 Å². The minimum atomic E-state index is -0.583. The molecule has 3 rings (SSSR count). The summed E-state index contributed by atoms with van der Waals surface area (Å²) >= 11 is 0. The summed E-state index contributed by atoms with van der Waals surface area (Å²) < 4.78 is 8.01. The van der Waals surface area contributed by atoms with E-state index in [0.717, 1.165) is 49.4 Å². The highest BCUT2D eigenvalue weighted by Gasteiger charge is 2.25. The molecule has 6 heteroatoms. The topological polar surface area (TPSA) is 83.0 Å². The Kier molecular flexibility index (Phi) is 7.42. The number of nitrogens with two attached hydrogens (primary N) is 1. The molecule has 0 aliphatic heterocycles. The summed E-state index contributed by atoms with van der Waals surface area (Å²) in [6.45, 7) is 7.28. The van der Waals surface area contributed by atoms with Gasteiger partial charge in [-0.25, -0.2) is 9.67 Å². The molecule has 1 fully saturated rings. The molecule has 1 atom stereocenters. The van der Waals surface area contributed by atoms with Crippen molar-refractivity contribution >= 4 is 5.91 Å². The number of hydrogen-bond donors (Lipinski definition) is 1. The Hall–Kier alpha value is -2.21. The summed E-state index contributed by atoms with van der Waals surface area (Å²) in [6, 6.07) is 8.26. The molecule has 1 unspecified atom stereocenters. The number of benzene rings is 1. The Balaban J connectivity index is 1.95. The lowest BCUT2D eigenvalue weighted by Gasteiger charge is -2.24. The number of ether oxygens (including phenoxy) is 1. The van der Waals surface area contributed by atoms with Crippen LogP contribution in [0.15, 0.2) is 24.3 Å². The molecule has 1 aromatic heterocycles. The van der Waals surface area contributed by atoms with Crippen LogP contribution in [-0.2, 0) is 4.74 Å². The molecule has 2 N–H and O–H groups in total. The van der Waals surface area contributed by atoms with Crippen LogP contribution in [-0.4, -0.2) is 27.3 Å². The van der Waals surface area contributed by atoms with Crippen LogP contribution in [0.5, 0.6) is 0 Å². The molecule has 1 heterocycles. The summed E-state index contributed by atoms with van der Waals surface area (Å²) in [5, 5.41) is 4.47. The highest BCUT2D eigenvalue weighted by molar-refractivity contribution is 5.88. The molecule has 0 saturated heterocycles. The van der Waals surface area contributed by atoms with Crippen molar-refractivity contribution in [2.75, 3.05) is 6.61 Å². The first-order chi connectivity index (χ1) is 14.0. The second-order valence-electron chi connectivity index (χ2n) is 8.39. The van der Waals surface area contributed by atoms with Gasteiger partial charge in [-0.15, -0.1) is 5.10 Å². The summed E-state index contributed by atoms with van der Waals surface area (Å²) in [5.74, 6) is 1.03. The first-order valence-corrected chi connectivity index (χ1v) is 11.0. The Labute approximate surface area is 173 Å². The maximum Gasteiger partial charge on any atom is 0.288 e. The zero-order valence-electron chi connectivity index (χ0n) is 17.9. The normalized spacial score (nSPS) is 16.3. The number of aromatic nitrogens is 3. The van der Waals surface area contributed by atoms with Gasteiger partial charge in [0.05, 0.1) is 11.8 Å². The van der Waals surface area contributed by atoms with E-state index >= 15 is 0 Å². The van der Waals surface area contributed by atoms with Crippen molar-refractivity contribution in [3.05, 3.63) is 41.5 Å². The van der Waals surface area contributed by atoms with Crippen LogP contribution in [0.25, 0.3) is 5.69 Å². The van der Waals surface area contributed by atoms with Crippen molar-refractivity contribution in [1.82, 2.24) is 14.8 Å². The molecule has 0 radical (unpaired) electrons. The Bertz CT molecular complexity index is 809. The largest absolute Gasteiger partial charge is 0.373 e. The SMILES string of the molecule is CCCCOC(c1cccc(-n2nc(C(N)=O)nc2C2CCCCC2)c1)C(C)C. The highest BCUT2D eigenvalue weighted by Crippen LogP contribution is 2.33. The Morgan fingerprint density at radius 3 is 2.69 bits per heavy atom. The fraction of sp³-hybridized carbons (Fsp3) is 0.609. The van der Waals surface area contributed by atoms with Gasteiger partial charge in [0.15, 0.2) is 0 Å². The van der Waals surface area contributed by atoms with E-state index in [4.69, 9.17) is 10.5 Å². The van der Waals surface area contributed by atoms with E-state index < -0.39 is 5.91 Å². The fourth-order valence-electron chi connectivity index (χ4n) is 4.11. The molecule has 2 aromatic rings. The van der Waals surface area contributed by atoms with Crippen LogP contribution in [0.3, 0.4) is 0 Å². The number of hydrogen-bond acceptors (Lipinski definition) is 4. The lowest BCUT2D eigenvalue weighted by Crippen LogP contribution is -2.14. The van der Waals surface area contributed by atoms with Crippen LogP contribution in [0.4, 0.5) is 0 Å². The van der Waals surface area contributed by atoms with Gasteiger partial charge in [0.25, 0.3) is 5.91 Å². The predicted molar refractivity (Wildman–Crippen MR) is 114 cm³/mol. The molecule has 1 aliphatic carbocycles. The monoisotopic (exact) mass is 398 g/mol. The summed E-state index contributed by atoms with van der Waals surface area (Å²) in [4.78, 5) is 16.3. The number of carbonyl (C=O) groups excluding carboxylic acids is 1. The number of unbranched alkanes of at least 4 members (excludes halogenated alkanes) is 1. The van der Waals surface area contributed by atoms with Gasteiger partial charge in [0.1, 0.15) is 5.82 Å². The van der Waals surface area contributed by atoms with E-state index in [0.29, 0.717) is 11.8 Å². The van der Waals surface area contributed by atoms with Gasteiger partial charge in [-0.2, -0.15) is 0 Å². The standard InChI is InChI=1S/C23H34N4O2/c1-4-5-14-29-20(16(2)3)18-12-9-13-19(15-18)27-23(17-10-7-6-8-11-17)25-22(26-27)21(24)28/h9,12-13,15-17,20H,4-8,10-11,14H2,1-3H3,(H2,24,28). The van der Waals surface area contributed by atoms with Gasteiger partial charge >= 0.3 is 0 Å². The van der Waals surface area contributed by atoms with Crippen LogP contribution in [0, 0.1) is 5.92 Å². The first kappa shape index (κ1) is 21.5. The van der Waals surface area contributed by atoms with Crippen molar-refractivity contribution in [2.24, 2.45) is 11.7 Å². The maximum absolute atomic E-state index is 11.8. The minimum absolute atomic E-state index is 0.0266. The van der Waals surface area contributed by atoms with Crippen molar-refractivity contribution in [2.45, 2.75) is 77.7 Å². The van der Waals surface area contributed by atoms with Gasteiger partial charge < -0.3 is 10.5 Å². The maximum atomic E-state index is 11.8. The number of carbonyl (C=O) groups is 1. The third kappa shape index (κ3) is 5.24. The zero-order valence-corrected chi connectivity index (χ0v) is 17.9. The van der Waals surface area contributed by atoms with Crippen LogP contribution in [0.1, 0.15) is 99.7 Å². The summed E-state index contributed by atoms with van der Waals surface area (Å²) in [6.07, 6.45) is 7.97. The van der Waals surface area contributed by atoms with Crippen LogP contribution >= 0.6 is 0 Å². The molecule has 6 nitrogen and oxygen atoms in total. The minimum Gasteiger partial charge on any atom is -0.373 e. The third-order valence-corrected chi connectivity index (χ3v) is 5.67. The van der Waals surface area contributed by atoms with Gasteiger partial charge in [0.2, 0.25) is 5.82 Å². The average Bonchev–Trinajstić information content (AvgIpc) is 3.18. The van der Waals surface area contributed by atoms with E-state index in [1.165, 1.54) is 19.3 Å². The van der Waals surface area contributed by atoms with E-state index in [1.54, 1.807) is 0 Å². The van der Waals surface area contributed by atoms with Crippen molar-refractivity contribution in [1.29, 1.82) is 0 Å². The number of nitrogens with zero attached hydrogens (tertiary/aromatic N) is 3. The molecular formula is C23H34N4O2. The van der Waals surface area contributed by atoms with E-state index in [9.17, 15) is 4.79 Å². The summed E-state index contributed by atoms with van der Waals surface area (Å²) in [7, 11) is 0. The molecule has 1 aliphatic rings. The lowest BCUT2D eigenvalue weighted by molar-refractivity contribution is 0.0194. The molecular weight excluding hydrogens is 364 g/mol. The third-order valence-electron chi connectivity index (χ3n) is 5.67. The summed E-state index contributed by atoms with van der Waals surface area (Å²) in [5.41, 5.74) is 7.53. The lowest BCUT2D eigenvalue weighted by atomic mass is 9.88. The first-order valence-electron chi connectivity index (χ1n) is 11.0. The van der Waals surface area contributed by atoms with E-state index in [-0.39, 0.29) is 11.9 Å². The van der Waals surface area contributed by atoms with Crippen LogP contribution < -0.4 is 5.73 Å². The molecule has 0 bridgehead atoms. The van der Waals surface area contributed by atoms with Gasteiger partial charge in [-0.1, -0.05) is 58.6 Å². The van der Waals surface area contributed by atoms with Crippen LogP contribution in [0.2, 0.25) is 0 Å². The van der Waals surface area contributed by atoms with Gasteiger partial charge in [-0.05, 0) is 42.9 Å². The van der Waals surface area contributed by atoms with E-state index in [2.05, 4.69) is 43.0 Å². The second kappa shape index (κ2) is 10.0. The average molecular weight is 399 g/mol. The number of amides is 1. The molecule has 1 amide bonds. The fourth-order valence-corrected chi connectivity index (χ4v) is 4.11. The Morgan fingerprint density at radius 1 is 1.28 bits per heavy atom. The Morgan fingerprint density at radius 2 is 2.03 bits per heavy atom. The predicted octanol–water partition coefficient (Wildman–Crippen LogP) is 4.93. The smallest absolute Gasteiger partial charge is 0.288 e.